The summed E-state index contributed by atoms with van der Waals surface area (Å²) in [7, 11) is 2.18. The number of carbonyl (C=O) groups excluding carboxylic acids is 1. The van der Waals surface area contributed by atoms with E-state index in [1.807, 2.05) is 54.6 Å². The quantitative estimate of drug-likeness (QED) is 0.138. The van der Waals surface area contributed by atoms with Gasteiger partial charge in [0.05, 0.1) is 17.2 Å². The monoisotopic (exact) mass is 591 g/mol. The van der Waals surface area contributed by atoms with Gasteiger partial charge < -0.3 is 19.3 Å². The smallest absolute Gasteiger partial charge is 0.270 e. The third kappa shape index (κ3) is 8.16. The van der Waals surface area contributed by atoms with Crippen molar-refractivity contribution in [1.82, 2.24) is 9.80 Å². The number of thiocarbonyl (C=S) groups is 1. The van der Waals surface area contributed by atoms with E-state index < -0.39 is 0 Å². The standard InChI is InChI=1S/C32H34FN3O3S2/c1-34-17-19-35(20-18-34)16-3-2-4-21-38-29-7-5-6-26(23-29)36-31(37)30(41-32(36)40)22-24-8-12-27(13-9-24)39-28-14-10-25(33)11-15-28/h5-15,22-23H,2-4,16-21H2,1H3. The summed E-state index contributed by atoms with van der Waals surface area (Å²) in [6, 6.07) is 20.8. The summed E-state index contributed by atoms with van der Waals surface area (Å²) in [4.78, 5) is 20.3. The Morgan fingerprint density at radius 2 is 1.61 bits per heavy atom. The zero-order valence-electron chi connectivity index (χ0n) is 23.1. The summed E-state index contributed by atoms with van der Waals surface area (Å²) in [5, 5.41) is 0. The Hall–Kier alpha value is -3.24. The number of rotatable bonds is 11. The van der Waals surface area contributed by atoms with Crippen LogP contribution in [0.5, 0.6) is 17.2 Å². The van der Waals surface area contributed by atoms with Gasteiger partial charge in [0.1, 0.15) is 23.1 Å². The molecule has 0 unspecified atom stereocenters. The number of thioether (sulfide) groups is 1. The zero-order chi connectivity index (χ0) is 28.6. The van der Waals surface area contributed by atoms with Crippen molar-refractivity contribution in [1.29, 1.82) is 0 Å². The molecule has 0 atom stereocenters. The van der Waals surface area contributed by atoms with Crippen molar-refractivity contribution in [3.63, 3.8) is 0 Å². The second kappa shape index (κ2) is 14.1. The molecule has 5 rings (SSSR count). The summed E-state index contributed by atoms with van der Waals surface area (Å²) in [5.74, 6) is 1.43. The van der Waals surface area contributed by atoms with Gasteiger partial charge in [-0.25, -0.2) is 4.39 Å². The van der Waals surface area contributed by atoms with Crippen LogP contribution in [0.1, 0.15) is 24.8 Å². The van der Waals surface area contributed by atoms with Crippen molar-refractivity contribution in [3.05, 3.63) is 89.1 Å². The summed E-state index contributed by atoms with van der Waals surface area (Å²) in [5.41, 5.74) is 1.55. The minimum atomic E-state index is -0.313. The normalized spacial score (nSPS) is 17.4. The van der Waals surface area contributed by atoms with Crippen molar-refractivity contribution in [2.24, 2.45) is 0 Å². The number of hydrogen-bond acceptors (Lipinski definition) is 7. The number of anilines is 1. The number of carbonyl (C=O) groups is 1. The van der Waals surface area contributed by atoms with Crippen molar-refractivity contribution in [3.8, 4) is 17.2 Å². The molecule has 0 bridgehead atoms. The van der Waals surface area contributed by atoms with Gasteiger partial charge in [-0.2, -0.15) is 0 Å². The summed E-state index contributed by atoms with van der Waals surface area (Å²) in [6.45, 7) is 6.42. The Labute approximate surface area is 250 Å². The number of nitrogens with zero attached hydrogens (tertiary/aromatic N) is 3. The van der Waals surface area contributed by atoms with Gasteiger partial charge in [-0.1, -0.05) is 42.2 Å². The molecule has 0 aromatic heterocycles. The van der Waals surface area contributed by atoms with Gasteiger partial charge in [-0.3, -0.25) is 9.69 Å². The van der Waals surface area contributed by atoms with Crippen LogP contribution >= 0.6 is 24.0 Å². The number of amides is 1. The van der Waals surface area contributed by atoms with Gasteiger partial charge in [0.2, 0.25) is 0 Å². The molecule has 0 saturated carbocycles. The van der Waals surface area contributed by atoms with Crippen molar-refractivity contribution in [2.45, 2.75) is 19.3 Å². The van der Waals surface area contributed by atoms with E-state index in [4.69, 9.17) is 21.7 Å². The van der Waals surface area contributed by atoms with Crippen molar-refractivity contribution in [2.75, 3.05) is 51.3 Å². The zero-order valence-corrected chi connectivity index (χ0v) is 24.8. The fourth-order valence-electron chi connectivity index (χ4n) is 4.70. The fourth-order valence-corrected chi connectivity index (χ4v) is 6.00. The average molecular weight is 592 g/mol. The molecule has 2 fully saturated rings. The molecule has 0 N–H and O–H groups in total. The third-order valence-corrected chi connectivity index (χ3v) is 8.38. The molecule has 41 heavy (non-hydrogen) atoms. The lowest BCUT2D eigenvalue weighted by atomic mass is 10.2. The molecule has 9 heteroatoms. The highest BCUT2D eigenvalue weighted by atomic mass is 32.2. The molecule has 0 spiro atoms. The average Bonchev–Trinajstić information content (AvgIpc) is 3.26. The molecule has 2 aliphatic rings. The number of ether oxygens (including phenoxy) is 2. The number of unbranched alkanes of at least 4 members (excludes halogenated alkanes) is 2. The maximum atomic E-state index is 13.3. The largest absolute Gasteiger partial charge is 0.494 e. The molecular weight excluding hydrogens is 558 g/mol. The molecule has 3 aromatic carbocycles. The summed E-state index contributed by atoms with van der Waals surface area (Å²) < 4.78 is 25.4. The predicted molar refractivity (Wildman–Crippen MR) is 168 cm³/mol. The van der Waals surface area contributed by atoms with Gasteiger partial charge >= 0.3 is 0 Å². The summed E-state index contributed by atoms with van der Waals surface area (Å²) in [6.07, 6.45) is 5.13. The highest BCUT2D eigenvalue weighted by molar-refractivity contribution is 8.27. The van der Waals surface area contributed by atoms with Crippen LogP contribution in [-0.2, 0) is 4.79 Å². The topological polar surface area (TPSA) is 45.2 Å². The number of benzene rings is 3. The molecule has 0 radical (unpaired) electrons. The highest BCUT2D eigenvalue weighted by Gasteiger charge is 2.33. The Kier molecular flexibility index (Phi) is 10.1. The Morgan fingerprint density at radius 1 is 0.902 bits per heavy atom. The van der Waals surface area contributed by atoms with E-state index in [-0.39, 0.29) is 11.7 Å². The first-order valence-corrected chi connectivity index (χ1v) is 15.1. The van der Waals surface area contributed by atoms with Crippen molar-refractivity contribution >= 4 is 46.0 Å². The Bertz CT molecular complexity index is 1370. The first-order valence-electron chi connectivity index (χ1n) is 13.9. The van der Waals surface area contributed by atoms with Crippen LogP contribution in [0.3, 0.4) is 0 Å². The first-order chi connectivity index (χ1) is 19.9. The van der Waals surface area contributed by atoms with Crippen LogP contribution in [0.2, 0.25) is 0 Å². The van der Waals surface area contributed by atoms with E-state index in [9.17, 15) is 9.18 Å². The summed E-state index contributed by atoms with van der Waals surface area (Å²) >= 11 is 6.85. The molecule has 6 nitrogen and oxygen atoms in total. The van der Waals surface area contributed by atoms with Crippen LogP contribution in [0.4, 0.5) is 10.1 Å². The third-order valence-electron chi connectivity index (χ3n) is 7.08. The number of halogens is 1. The number of likely N-dealkylation sites (N-methyl/N-ethyl adjacent to an activating group) is 1. The minimum Gasteiger partial charge on any atom is -0.494 e. The van der Waals surface area contributed by atoms with E-state index in [0.717, 1.165) is 56.9 Å². The van der Waals surface area contributed by atoms with Gasteiger partial charge in [0.25, 0.3) is 5.91 Å². The van der Waals surface area contributed by atoms with Crippen LogP contribution < -0.4 is 14.4 Å². The van der Waals surface area contributed by atoms with E-state index in [1.54, 1.807) is 17.0 Å². The molecule has 0 aliphatic carbocycles. The predicted octanol–water partition coefficient (Wildman–Crippen LogP) is 6.82. The van der Waals surface area contributed by atoms with E-state index in [2.05, 4.69) is 16.8 Å². The molecule has 214 valence electrons. The van der Waals surface area contributed by atoms with Crippen LogP contribution in [0, 0.1) is 5.82 Å². The first kappa shape index (κ1) is 29.3. The minimum absolute atomic E-state index is 0.160. The molecule has 1 amide bonds. The van der Waals surface area contributed by atoms with Gasteiger partial charge in [-0.15, -0.1) is 0 Å². The molecule has 2 aliphatic heterocycles. The SMILES string of the molecule is CN1CCN(CCCCCOc2cccc(N3C(=O)C(=Cc4ccc(Oc5ccc(F)cc5)cc4)SC3=S)c2)CC1. The Morgan fingerprint density at radius 3 is 2.34 bits per heavy atom. The van der Waals surface area contributed by atoms with E-state index in [0.29, 0.717) is 33.0 Å². The Balaban J connectivity index is 1.12. The molecule has 3 aromatic rings. The van der Waals surface area contributed by atoms with Gasteiger partial charge in [-0.05, 0) is 93.0 Å². The maximum absolute atomic E-state index is 13.3. The van der Waals surface area contributed by atoms with E-state index >= 15 is 0 Å². The lowest BCUT2D eigenvalue weighted by Gasteiger charge is -2.32. The lowest BCUT2D eigenvalue weighted by Crippen LogP contribution is -2.44. The van der Waals surface area contributed by atoms with Crippen LogP contribution in [-0.4, -0.2) is 66.4 Å². The molecule has 2 saturated heterocycles. The maximum Gasteiger partial charge on any atom is 0.270 e. The van der Waals surface area contributed by atoms with Gasteiger partial charge in [0, 0.05) is 32.2 Å². The molecular formula is C32H34FN3O3S2. The van der Waals surface area contributed by atoms with Crippen LogP contribution in [0.25, 0.3) is 6.08 Å². The number of piperazine rings is 1. The van der Waals surface area contributed by atoms with Crippen LogP contribution in [0.15, 0.2) is 77.7 Å². The van der Waals surface area contributed by atoms with Crippen molar-refractivity contribution < 1.29 is 18.7 Å². The molecule has 2 heterocycles. The second-order valence-electron chi connectivity index (χ2n) is 10.2. The second-order valence-corrected chi connectivity index (χ2v) is 11.9. The highest BCUT2D eigenvalue weighted by Crippen LogP contribution is 2.37. The van der Waals surface area contributed by atoms with E-state index in [1.165, 1.54) is 30.3 Å². The fraction of sp³-hybridized carbons (Fsp3) is 0.312. The van der Waals surface area contributed by atoms with Gasteiger partial charge in [0.15, 0.2) is 4.32 Å². The number of hydrogen-bond donors (Lipinski definition) is 0. The lowest BCUT2D eigenvalue weighted by molar-refractivity contribution is -0.113.